The molecule has 0 saturated carbocycles. The largest absolute Gasteiger partial charge is 0.478 e. The van der Waals surface area contributed by atoms with Crippen molar-refractivity contribution in [2.45, 2.75) is 12.8 Å². The molecule has 126 valence electrons. The number of nitrogens with zero attached hydrogens (tertiary/aromatic N) is 3. The van der Waals surface area contributed by atoms with Gasteiger partial charge in [0.2, 0.25) is 0 Å². The summed E-state index contributed by atoms with van der Waals surface area (Å²) in [6, 6.07) is 3.09. The number of carbonyl (C=O) groups excluding carboxylic acids is 1. The van der Waals surface area contributed by atoms with E-state index in [0.717, 1.165) is 30.2 Å². The monoisotopic (exact) mass is 332 g/mol. The molecule has 1 amide bonds. The number of carboxylic acid groups (broad SMARTS) is 1. The molecular formula is C15H16N4O5. The highest BCUT2D eigenvalue weighted by Crippen LogP contribution is 2.17. The number of non-ortho nitro benzene ring substituents is 1. The predicted molar refractivity (Wildman–Crippen MR) is 83.9 cm³/mol. The first kappa shape index (κ1) is 17.1. The van der Waals surface area contributed by atoms with E-state index >= 15 is 0 Å². The van der Waals surface area contributed by atoms with Crippen molar-refractivity contribution in [3.8, 4) is 0 Å². The van der Waals surface area contributed by atoms with E-state index in [0.29, 0.717) is 13.0 Å². The van der Waals surface area contributed by atoms with Gasteiger partial charge in [0.25, 0.3) is 11.6 Å². The van der Waals surface area contributed by atoms with E-state index in [1.54, 1.807) is 10.9 Å². The zero-order valence-electron chi connectivity index (χ0n) is 12.9. The van der Waals surface area contributed by atoms with Gasteiger partial charge in [-0.1, -0.05) is 0 Å². The number of aromatic nitrogens is 2. The lowest BCUT2D eigenvalue weighted by Crippen LogP contribution is -2.25. The summed E-state index contributed by atoms with van der Waals surface area (Å²) in [5.41, 5.74) is 0.248. The standard InChI is InChI=1S/C15H16N4O5/c1-18-9-10(8-17-18)3-2-4-16-14(20)11-5-12(15(21)22)7-13(6-11)19(23)24/h5-9H,2-4H2,1H3,(H,16,20)(H,21,22). The number of carboxylic acids is 1. The number of nitro benzene ring substituents is 1. The Morgan fingerprint density at radius 2 is 2.04 bits per heavy atom. The van der Waals surface area contributed by atoms with Crippen LogP contribution in [-0.2, 0) is 13.5 Å². The number of nitro groups is 1. The summed E-state index contributed by atoms with van der Waals surface area (Å²) in [5.74, 6) is -1.88. The van der Waals surface area contributed by atoms with E-state index in [1.165, 1.54) is 0 Å². The van der Waals surface area contributed by atoms with Crippen LogP contribution in [0.2, 0.25) is 0 Å². The molecule has 0 atom stereocenters. The van der Waals surface area contributed by atoms with Gasteiger partial charge in [-0.15, -0.1) is 0 Å². The molecule has 0 aliphatic heterocycles. The fourth-order valence-corrected chi connectivity index (χ4v) is 2.17. The Morgan fingerprint density at radius 3 is 2.62 bits per heavy atom. The van der Waals surface area contributed by atoms with Gasteiger partial charge in [-0.05, 0) is 24.5 Å². The van der Waals surface area contributed by atoms with E-state index < -0.39 is 22.5 Å². The summed E-state index contributed by atoms with van der Waals surface area (Å²) in [5, 5.41) is 26.5. The maximum absolute atomic E-state index is 12.1. The summed E-state index contributed by atoms with van der Waals surface area (Å²) >= 11 is 0. The molecule has 1 aromatic carbocycles. The first-order chi connectivity index (χ1) is 11.4. The Bertz CT molecular complexity index is 752. The van der Waals surface area contributed by atoms with Gasteiger partial charge in [-0.3, -0.25) is 19.6 Å². The predicted octanol–water partition coefficient (Wildman–Crippen LogP) is 1.39. The summed E-state index contributed by atoms with van der Waals surface area (Å²) < 4.78 is 1.68. The zero-order valence-corrected chi connectivity index (χ0v) is 12.9. The molecule has 2 aromatic rings. The van der Waals surface area contributed by atoms with Gasteiger partial charge >= 0.3 is 5.97 Å². The number of carbonyl (C=O) groups is 2. The fraction of sp³-hybridized carbons (Fsp3) is 0.267. The van der Waals surface area contributed by atoms with Crippen molar-refractivity contribution in [3.05, 3.63) is 57.4 Å². The van der Waals surface area contributed by atoms with Crippen molar-refractivity contribution in [2.24, 2.45) is 7.05 Å². The molecule has 0 radical (unpaired) electrons. The van der Waals surface area contributed by atoms with E-state index in [1.807, 2.05) is 13.2 Å². The van der Waals surface area contributed by atoms with Crippen molar-refractivity contribution < 1.29 is 19.6 Å². The minimum atomic E-state index is -1.33. The van der Waals surface area contributed by atoms with E-state index in [4.69, 9.17) is 5.11 Å². The number of benzene rings is 1. The van der Waals surface area contributed by atoms with E-state index in [9.17, 15) is 19.7 Å². The highest BCUT2D eigenvalue weighted by molar-refractivity contribution is 5.98. The lowest BCUT2D eigenvalue weighted by molar-refractivity contribution is -0.384. The first-order valence-corrected chi connectivity index (χ1v) is 7.15. The molecule has 0 bridgehead atoms. The maximum atomic E-state index is 12.1. The number of aryl methyl sites for hydroxylation is 2. The van der Waals surface area contributed by atoms with Crippen LogP contribution in [0.1, 0.15) is 32.7 Å². The summed E-state index contributed by atoms with van der Waals surface area (Å²) in [7, 11) is 1.81. The molecule has 0 unspecified atom stereocenters. The zero-order chi connectivity index (χ0) is 17.7. The van der Waals surface area contributed by atoms with Crippen LogP contribution >= 0.6 is 0 Å². The van der Waals surface area contributed by atoms with Crippen molar-refractivity contribution in [3.63, 3.8) is 0 Å². The van der Waals surface area contributed by atoms with Crippen LogP contribution in [-0.4, -0.2) is 38.2 Å². The Morgan fingerprint density at radius 1 is 1.33 bits per heavy atom. The van der Waals surface area contributed by atoms with Gasteiger partial charge in [0.15, 0.2) is 0 Å². The third kappa shape index (κ3) is 4.38. The quantitative estimate of drug-likeness (QED) is 0.448. The fourth-order valence-electron chi connectivity index (χ4n) is 2.17. The Kier molecular flexibility index (Phi) is 5.25. The van der Waals surface area contributed by atoms with Gasteiger partial charge in [0, 0.05) is 37.5 Å². The molecule has 0 aliphatic carbocycles. The van der Waals surface area contributed by atoms with Crippen molar-refractivity contribution in [1.82, 2.24) is 15.1 Å². The Labute approximate surface area is 137 Å². The van der Waals surface area contributed by atoms with Gasteiger partial charge < -0.3 is 10.4 Å². The maximum Gasteiger partial charge on any atom is 0.335 e. The van der Waals surface area contributed by atoms with Gasteiger partial charge in [0.05, 0.1) is 16.7 Å². The van der Waals surface area contributed by atoms with Gasteiger partial charge in [-0.2, -0.15) is 5.10 Å². The van der Waals surface area contributed by atoms with E-state index in [2.05, 4.69) is 10.4 Å². The number of hydrogen-bond donors (Lipinski definition) is 2. The highest BCUT2D eigenvalue weighted by atomic mass is 16.6. The van der Waals surface area contributed by atoms with Crippen molar-refractivity contribution >= 4 is 17.6 Å². The molecule has 1 heterocycles. The first-order valence-electron chi connectivity index (χ1n) is 7.15. The molecule has 0 fully saturated rings. The molecule has 0 aliphatic rings. The highest BCUT2D eigenvalue weighted by Gasteiger charge is 2.17. The van der Waals surface area contributed by atoms with E-state index in [-0.39, 0.29) is 11.1 Å². The summed E-state index contributed by atoms with van der Waals surface area (Å²) in [6.07, 6.45) is 5.00. The van der Waals surface area contributed by atoms with Crippen LogP contribution in [0, 0.1) is 10.1 Å². The average Bonchev–Trinajstić information content (AvgIpc) is 2.96. The molecule has 9 heteroatoms. The average molecular weight is 332 g/mol. The number of rotatable bonds is 7. The third-order valence-corrected chi connectivity index (χ3v) is 3.32. The van der Waals surface area contributed by atoms with Crippen LogP contribution in [0.25, 0.3) is 0 Å². The summed E-state index contributed by atoms with van der Waals surface area (Å²) in [6.45, 7) is 0.360. The van der Waals surface area contributed by atoms with Crippen LogP contribution in [0.4, 0.5) is 5.69 Å². The van der Waals surface area contributed by atoms with Crippen LogP contribution in [0.5, 0.6) is 0 Å². The molecular weight excluding hydrogens is 316 g/mol. The lowest BCUT2D eigenvalue weighted by Gasteiger charge is -2.06. The minimum absolute atomic E-state index is 0.0528. The Balaban J connectivity index is 1.98. The topological polar surface area (TPSA) is 127 Å². The second kappa shape index (κ2) is 7.36. The van der Waals surface area contributed by atoms with Crippen molar-refractivity contribution in [2.75, 3.05) is 6.54 Å². The number of hydrogen-bond acceptors (Lipinski definition) is 5. The second-order valence-electron chi connectivity index (χ2n) is 5.21. The number of amides is 1. The normalized spacial score (nSPS) is 10.4. The molecule has 0 spiro atoms. The minimum Gasteiger partial charge on any atom is -0.478 e. The SMILES string of the molecule is Cn1cc(CCCNC(=O)c2cc(C(=O)O)cc([N+](=O)[O-])c2)cn1. The molecule has 24 heavy (non-hydrogen) atoms. The summed E-state index contributed by atoms with van der Waals surface area (Å²) in [4.78, 5) is 33.2. The lowest BCUT2D eigenvalue weighted by atomic mass is 10.1. The van der Waals surface area contributed by atoms with Gasteiger partial charge in [0.1, 0.15) is 0 Å². The molecule has 0 saturated heterocycles. The van der Waals surface area contributed by atoms with Crippen LogP contribution in [0.3, 0.4) is 0 Å². The Hall–Kier alpha value is -3.23. The molecule has 2 N–H and O–H groups in total. The molecule has 2 rings (SSSR count). The number of nitrogens with one attached hydrogen (secondary N) is 1. The molecule has 9 nitrogen and oxygen atoms in total. The third-order valence-electron chi connectivity index (χ3n) is 3.32. The van der Waals surface area contributed by atoms with Crippen molar-refractivity contribution in [1.29, 1.82) is 0 Å². The van der Waals surface area contributed by atoms with Gasteiger partial charge in [-0.25, -0.2) is 4.79 Å². The molecule has 1 aromatic heterocycles. The second-order valence-corrected chi connectivity index (χ2v) is 5.21. The smallest absolute Gasteiger partial charge is 0.335 e. The van der Waals surface area contributed by atoms with Crippen LogP contribution < -0.4 is 5.32 Å². The van der Waals surface area contributed by atoms with Crippen LogP contribution in [0.15, 0.2) is 30.6 Å². The number of aromatic carboxylic acids is 1.